The molecular weight excluding hydrogens is 224 g/mol. The lowest BCUT2D eigenvalue weighted by Crippen LogP contribution is -2.64. The van der Waals surface area contributed by atoms with Crippen LogP contribution in [0.4, 0.5) is 0 Å². The SMILES string of the molecule is CC(C(=O)O)C(=O)N1CCN(C)C(=O)C1(C)C. The molecule has 0 radical (unpaired) electrons. The summed E-state index contributed by atoms with van der Waals surface area (Å²) in [7, 11) is 1.67. The van der Waals surface area contributed by atoms with Crippen LogP contribution >= 0.6 is 0 Å². The van der Waals surface area contributed by atoms with Crippen molar-refractivity contribution in [3.8, 4) is 0 Å². The molecule has 1 aliphatic rings. The van der Waals surface area contributed by atoms with Gasteiger partial charge in [0.15, 0.2) is 0 Å². The topological polar surface area (TPSA) is 77.9 Å². The minimum Gasteiger partial charge on any atom is -0.481 e. The summed E-state index contributed by atoms with van der Waals surface area (Å²) in [4.78, 5) is 37.6. The summed E-state index contributed by atoms with van der Waals surface area (Å²) in [6, 6.07) is 0. The first-order valence-corrected chi connectivity index (χ1v) is 5.49. The number of carbonyl (C=O) groups excluding carboxylic acids is 2. The summed E-state index contributed by atoms with van der Waals surface area (Å²) in [5.41, 5.74) is -0.978. The molecular formula is C11H18N2O4. The number of carbonyl (C=O) groups is 3. The first-order valence-electron chi connectivity index (χ1n) is 5.49. The Kier molecular flexibility index (Phi) is 3.45. The molecule has 0 bridgehead atoms. The van der Waals surface area contributed by atoms with E-state index in [1.807, 2.05) is 0 Å². The molecule has 1 rings (SSSR count). The van der Waals surface area contributed by atoms with Crippen LogP contribution in [-0.4, -0.2) is 58.4 Å². The lowest BCUT2D eigenvalue weighted by molar-refractivity contribution is -0.163. The van der Waals surface area contributed by atoms with Crippen molar-refractivity contribution in [2.24, 2.45) is 5.92 Å². The Bertz CT molecular complexity index is 364. The normalized spacial score (nSPS) is 21.3. The first-order chi connectivity index (χ1) is 7.69. The molecule has 2 amide bonds. The number of hydrogen-bond acceptors (Lipinski definition) is 3. The van der Waals surface area contributed by atoms with E-state index in [0.717, 1.165) is 0 Å². The van der Waals surface area contributed by atoms with E-state index < -0.39 is 23.3 Å². The predicted molar refractivity (Wildman–Crippen MR) is 60.2 cm³/mol. The molecule has 1 fully saturated rings. The van der Waals surface area contributed by atoms with Gasteiger partial charge in [-0.2, -0.15) is 0 Å². The van der Waals surface area contributed by atoms with Gasteiger partial charge in [-0.05, 0) is 20.8 Å². The molecule has 0 aromatic carbocycles. The van der Waals surface area contributed by atoms with Gasteiger partial charge in [-0.15, -0.1) is 0 Å². The van der Waals surface area contributed by atoms with Gasteiger partial charge in [0.1, 0.15) is 11.5 Å². The maximum atomic E-state index is 12.0. The fourth-order valence-corrected chi connectivity index (χ4v) is 1.94. The summed E-state index contributed by atoms with van der Waals surface area (Å²) >= 11 is 0. The van der Waals surface area contributed by atoms with Crippen LogP contribution in [0.5, 0.6) is 0 Å². The zero-order valence-electron chi connectivity index (χ0n) is 10.6. The average Bonchev–Trinajstić information content (AvgIpc) is 2.24. The highest BCUT2D eigenvalue weighted by atomic mass is 16.4. The number of likely N-dealkylation sites (N-methyl/N-ethyl adjacent to an activating group) is 1. The van der Waals surface area contributed by atoms with E-state index >= 15 is 0 Å². The van der Waals surface area contributed by atoms with Gasteiger partial charge in [-0.3, -0.25) is 14.4 Å². The Labute approximate surface area is 100 Å². The summed E-state index contributed by atoms with van der Waals surface area (Å²) in [6.07, 6.45) is 0. The third-order valence-corrected chi connectivity index (χ3v) is 3.21. The standard InChI is InChI=1S/C11H18N2O4/c1-7(9(15)16)8(14)13-6-5-12(4)10(17)11(13,2)3/h7H,5-6H2,1-4H3,(H,15,16). The molecule has 0 saturated carbocycles. The van der Waals surface area contributed by atoms with Gasteiger partial charge in [-0.25, -0.2) is 0 Å². The first kappa shape index (κ1) is 13.5. The molecule has 17 heavy (non-hydrogen) atoms. The van der Waals surface area contributed by atoms with Crippen LogP contribution in [0.25, 0.3) is 0 Å². The fourth-order valence-electron chi connectivity index (χ4n) is 1.94. The molecule has 1 saturated heterocycles. The maximum Gasteiger partial charge on any atom is 0.315 e. The quantitative estimate of drug-likeness (QED) is 0.679. The van der Waals surface area contributed by atoms with Crippen LogP contribution in [0, 0.1) is 5.92 Å². The van der Waals surface area contributed by atoms with Crippen molar-refractivity contribution in [1.29, 1.82) is 0 Å². The van der Waals surface area contributed by atoms with Gasteiger partial charge in [0.25, 0.3) is 0 Å². The Morgan fingerprint density at radius 2 is 1.88 bits per heavy atom. The third-order valence-electron chi connectivity index (χ3n) is 3.21. The average molecular weight is 242 g/mol. The summed E-state index contributed by atoms with van der Waals surface area (Å²) in [5, 5.41) is 8.83. The Balaban J connectivity index is 2.95. The summed E-state index contributed by atoms with van der Waals surface area (Å²) in [5.74, 6) is -2.97. The van der Waals surface area contributed by atoms with Crippen LogP contribution in [0.15, 0.2) is 0 Å². The van der Waals surface area contributed by atoms with Gasteiger partial charge < -0.3 is 14.9 Å². The second kappa shape index (κ2) is 4.35. The maximum absolute atomic E-state index is 12.0. The number of carboxylic acid groups (broad SMARTS) is 1. The third kappa shape index (κ3) is 2.25. The van der Waals surface area contributed by atoms with Crippen LogP contribution < -0.4 is 0 Å². The number of rotatable bonds is 2. The lowest BCUT2D eigenvalue weighted by atomic mass is 9.95. The monoisotopic (exact) mass is 242 g/mol. The molecule has 1 aliphatic heterocycles. The number of carboxylic acids is 1. The molecule has 96 valence electrons. The second-order valence-electron chi connectivity index (χ2n) is 4.84. The smallest absolute Gasteiger partial charge is 0.315 e. The molecule has 0 spiro atoms. The van der Waals surface area contributed by atoms with Crippen LogP contribution in [0.3, 0.4) is 0 Å². The van der Waals surface area contributed by atoms with Gasteiger partial charge in [0, 0.05) is 20.1 Å². The summed E-state index contributed by atoms with van der Waals surface area (Å²) in [6.45, 7) is 5.41. The number of piperazine rings is 1. The summed E-state index contributed by atoms with van der Waals surface area (Å²) < 4.78 is 0. The molecule has 6 heteroatoms. The van der Waals surface area contributed by atoms with Crippen LogP contribution in [0.2, 0.25) is 0 Å². The molecule has 0 aromatic heterocycles. The fraction of sp³-hybridized carbons (Fsp3) is 0.727. The van der Waals surface area contributed by atoms with E-state index in [1.165, 1.54) is 11.8 Å². The Hall–Kier alpha value is -1.59. The van der Waals surface area contributed by atoms with E-state index in [0.29, 0.717) is 13.1 Å². The van der Waals surface area contributed by atoms with E-state index in [4.69, 9.17) is 5.11 Å². The number of amides is 2. The molecule has 1 N–H and O–H groups in total. The van der Waals surface area contributed by atoms with Gasteiger partial charge in [-0.1, -0.05) is 0 Å². The highest BCUT2D eigenvalue weighted by Gasteiger charge is 2.44. The van der Waals surface area contributed by atoms with Crippen LogP contribution in [0.1, 0.15) is 20.8 Å². The molecule has 0 aromatic rings. The van der Waals surface area contributed by atoms with Crippen LogP contribution in [-0.2, 0) is 14.4 Å². The van der Waals surface area contributed by atoms with Crippen molar-refractivity contribution >= 4 is 17.8 Å². The minimum atomic E-state index is -1.17. The van der Waals surface area contributed by atoms with Crippen molar-refractivity contribution in [1.82, 2.24) is 9.80 Å². The zero-order valence-corrected chi connectivity index (χ0v) is 10.6. The molecule has 1 heterocycles. The Morgan fingerprint density at radius 1 is 1.35 bits per heavy atom. The molecule has 1 unspecified atom stereocenters. The van der Waals surface area contributed by atoms with Crippen molar-refractivity contribution in [3.63, 3.8) is 0 Å². The molecule has 1 atom stereocenters. The van der Waals surface area contributed by atoms with Gasteiger partial charge in [0.05, 0.1) is 0 Å². The van der Waals surface area contributed by atoms with Gasteiger partial charge in [0.2, 0.25) is 11.8 Å². The Morgan fingerprint density at radius 3 is 2.35 bits per heavy atom. The van der Waals surface area contributed by atoms with E-state index in [-0.39, 0.29) is 5.91 Å². The predicted octanol–water partition coefficient (Wildman–Crippen LogP) is -0.214. The highest BCUT2D eigenvalue weighted by molar-refractivity contribution is 6.00. The zero-order chi connectivity index (χ0) is 13.4. The van der Waals surface area contributed by atoms with Gasteiger partial charge >= 0.3 is 5.97 Å². The lowest BCUT2D eigenvalue weighted by Gasteiger charge is -2.45. The second-order valence-corrected chi connectivity index (χ2v) is 4.84. The number of hydrogen-bond donors (Lipinski definition) is 1. The highest BCUT2D eigenvalue weighted by Crippen LogP contribution is 2.23. The molecule has 0 aliphatic carbocycles. The number of nitrogens with zero attached hydrogens (tertiary/aromatic N) is 2. The molecule has 6 nitrogen and oxygen atoms in total. The van der Waals surface area contributed by atoms with Crippen molar-refractivity contribution in [2.45, 2.75) is 26.3 Å². The van der Waals surface area contributed by atoms with E-state index in [1.54, 1.807) is 25.8 Å². The van der Waals surface area contributed by atoms with Crippen molar-refractivity contribution < 1.29 is 19.5 Å². The van der Waals surface area contributed by atoms with Crippen molar-refractivity contribution in [2.75, 3.05) is 20.1 Å². The minimum absolute atomic E-state index is 0.172. The largest absolute Gasteiger partial charge is 0.481 e. The number of aliphatic carboxylic acids is 1. The van der Waals surface area contributed by atoms with E-state index in [9.17, 15) is 14.4 Å². The van der Waals surface area contributed by atoms with E-state index in [2.05, 4.69) is 0 Å². The van der Waals surface area contributed by atoms with Crippen molar-refractivity contribution in [3.05, 3.63) is 0 Å².